The molecule has 0 bridgehead atoms. The average molecular weight is 230 g/mol. The van der Waals surface area contributed by atoms with Crippen LogP contribution in [0.3, 0.4) is 0 Å². The predicted molar refractivity (Wildman–Crippen MR) is 69.4 cm³/mol. The normalized spacial score (nSPS) is 11.2. The third-order valence-electron chi connectivity index (χ3n) is 2.53. The number of hydrogen-bond acceptors (Lipinski definition) is 3. The molecule has 1 aromatic carbocycles. The fourth-order valence-corrected chi connectivity index (χ4v) is 1.67. The van der Waals surface area contributed by atoms with E-state index in [1.165, 1.54) is 5.39 Å². The summed E-state index contributed by atoms with van der Waals surface area (Å²) < 4.78 is 0. The van der Waals surface area contributed by atoms with E-state index >= 15 is 0 Å². The van der Waals surface area contributed by atoms with E-state index in [-0.39, 0.29) is 0 Å². The van der Waals surface area contributed by atoms with E-state index in [9.17, 15) is 0 Å². The van der Waals surface area contributed by atoms with Crippen LogP contribution in [0, 0.1) is 5.92 Å². The molecule has 0 fully saturated rings. The number of benzene rings is 1. The number of hydroxylamine groups is 1. The molecule has 0 spiro atoms. The van der Waals surface area contributed by atoms with Crippen molar-refractivity contribution < 1.29 is 4.84 Å². The van der Waals surface area contributed by atoms with Crippen molar-refractivity contribution in [2.45, 2.75) is 20.4 Å². The summed E-state index contributed by atoms with van der Waals surface area (Å²) in [6.07, 6.45) is 3.77. The fourth-order valence-electron chi connectivity index (χ4n) is 1.67. The molecule has 0 amide bonds. The Balaban J connectivity index is 2.03. The molecular weight excluding hydrogens is 212 g/mol. The van der Waals surface area contributed by atoms with Gasteiger partial charge < -0.3 is 4.84 Å². The van der Waals surface area contributed by atoms with Gasteiger partial charge in [-0.05, 0) is 16.9 Å². The smallest absolute Gasteiger partial charge is 0.0705 e. The molecular formula is C14H18N2O. The van der Waals surface area contributed by atoms with Crippen LogP contribution in [0.5, 0.6) is 0 Å². The highest BCUT2D eigenvalue weighted by molar-refractivity contribution is 5.84. The molecule has 3 nitrogen and oxygen atoms in total. The Morgan fingerprint density at radius 2 is 2.06 bits per heavy atom. The van der Waals surface area contributed by atoms with Crippen LogP contribution in [0.15, 0.2) is 36.7 Å². The summed E-state index contributed by atoms with van der Waals surface area (Å²) >= 11 is 0. The maximum Gasteiger partial charge on any atom is 0.0705 e. The SMILES string of the molecule is CC(C)CONCc1cncc2ccccc12. The molecule has 0 saturated carbocycles. The van der Waals surface area contributed by atoms with E-state index in [0.717, 1.165) is 17.6 Å². The number of nitrogens with one attached hydrogen (secondary N) is 1. The molecule has 0 aliphatic heterocycles. The molecule has 2 rings (SSSR count). The maximum absolute atomic E-state index is 5.37. The lowest BCUT2D eigenvalue weighted by Crippen LogP contribution is -2.17. The standard InChI is InChI=1S/C14H18N2O/c1-11(2)10-17-16-9-13-8-15-7-12-5-3-4-6-14(12)13/h3-8,11,16H,9-10H2,1-2H3. The molecule has 3 heteroatoms. The second-order valence-electron chi connectivity index (χ2n) is 4.55. The first-order chi connectivity index (χ1) is 8.27. The summed E-state index contributed by atoms with van der Waals surface area (Å²) in [5.74, 6) is 0.535. The lowest BCUT2D eigenvalue weighted by Gasteiger charge is -2.09. The maximum atomic E-state index is 5.37. The Labute approximate surface area is 102 Å². The zero-order valence-corrected chi connectivity index (χ0v) is 10.3. The van der Waals surface area contributed by atoms with Crippen LogP contribution in [0.25, 0.3) is 10.8 Å². The first-order valence-electron chi connectivity index (χ1n) is 5.93. The molecule has 1 heterocycles. The van der Waals surface area contributed by atoms with Crippen LogP contribution < -0.4 is 5.48 Å². The average Bonchev–Trinajstić information content (AvgIpc) is 2.34. The minimum Gasteiger partial charge on any atom is -0.301 e. The van der Waals surface area contributed by atoms with Gasteiger partial charge in [-0.2, -0.15) is 5.48 Å². The third-order valence-corrected chi connectivity index (χ3v) is 2.53. The van der Waals surface area contributed by atoms with Crippen LogP contribution in [0.4, 0.5) is 0 Å². The summed E-state index contributed by atoms with van der Waals surface area (Å²) in [4.78, 5) is 9.60. The molecule has 2 aromatic rings. The van der Waals surface area contributed by atoms with Gasteiger partial charge in [-0.1, -0.05) is 38.1 Å². The number of hydrogen-bond donors (Lipinski definition) is 1. The molecule has 0 unspecified atom stereocenters. The second kappa shape index (κ2) is 5.75. The highest BCUT2D eigenvalue weighted by Crippen LogP contribution is 2.16. The van der Waals surface area contributed by atoms with Crippen molar-refractivity contribution in [2.24, 2.45) is 5.92 Å². The fraction of sp³-hybridized carbons (Fsp3) is 0.357. The van der Waals surface area contributed by atoms with E-state index in [2.05, 4.69) is 36.4 Å². The molecule has 1 N–H and O–H groups in total. The first-order valence-corrected chi connectivity index (χ1v) is 5.93. The number of rotatable bonds is 5. The number of nitrogens with zero attached hydrogens (tertiary/aromatic N) is 1. The van der Waals surface area contributed by atoms with Crippen molar-refractivity contribution in [3.05, 3.63) is 42.2 Å². The van der Waals surface area contributed by atoms with Crippen molar-refractivity contribution in [2.75, 3.05) is 6.61 Å². The lowest BCUT2D eigenvalue weighted by molar-refractivity contribution is 0.0198. The van der Waals surface area contributed by atoms with Gasteiger partial charge in [-0.15, -0.1) is 0 Å². The Morgan fingerprint density at radius 1 is 1.24 bits per heavy atom. The van der Waals surface area contributed by atoms with Crippen molar-refractivity contribution in [1.82, 2.24) is 10.5 Å². The summed E-state index contributed by atoms with van der Waals surface area (Å²) in [6, 6.07) is 8.24. The molecule has 0 radical (unpaired) electrons. The minimum absolute atomic E-state index is 0.535. The monoisotopic (exact) mass is 230 g/mol. The zero-order valence-electron chi connectivity index (χ0n) is 10.3. The van der Waals surface area contributed by atoms with Crippen LogP contribution >= 0.6 is 0 Å². The topological polar surface area (TPSA) is 34.1 Å². The Bertz CT molecular complexity index is 477. The van der Waals surface area contributed by atoms with Gasteiger partial charge in [0.15, 0.2) is 0 Å². The highest BCUT2D eigenvalue weighted by Gasteiger charge is 2.01. The van der Waals surface area contributed by atoms with Gasteiger partial charge in [-0.25, -0.2) is 0 Å². The molecule has 0 saturated heterocycles. The quantitative estimate of drug-likeness (QED) is 0.633. The van der Waals surface area contributed by atoms with Crippen molar-refractivity contribution >= 4 is 10.8 Å². The number of fused-ring (bicyclic) bond motifs is 1. The van der Waals surface area contributed by atoms with Crippen molar-refractivity contribution in [1.29, 1.82) is 0 Å². The lowest BCUT2D eigenvalue weighted by atomic mass is 10.1. The van der Waals surface area contributed by atoms with Gasteiger partial charge in [-0.3, -0.25) is 4.98 Å². The van der Waals surface area contributed by atoms with Gasteiger partial charge >= 0.3 is 0 Å². The van der Waals surface area contributed by atoms with Gasteiger partial charge in [0.25, 0.3) is 0 Å². The molecule has 0 aliphatic rings. The molecule has 0 aliphatic carbocycles. The van der Waals surface area contributed by atoms with Gasteiger partial charge in [0.2, 0.25) is 0 Å². The Hall–Kier alpha value is -1.45. The Morgan fingerprint density at radius 3 is 2.88 bits per heavy atom. The van der Waals surface area contributed by atoms with Crippen molar-refractivity contribution in [3.8, 4) is 0 Å². The summed E-state index contributed by atoms with van der Waals surface area (Å²) in [5.41, 5.74) is 4.14. The molecule has 17 heavy (non-hydrogen) atoms. The number of aromatic nitrogens is 1. The van der Waals surface area contributed by atoms with E-state index in [1.54, 1.807) is 0 Å². The Kier molecular flexibility index (Phi) is 4.07. The summed E-state index contributed by atoms with van der Waals surface area (Å²) in [7, 11) is 0. The van der Waals surface area contributed by atoms with E-state index in [0.29, 0.717) is 12.5 Å². The van der Waals surface area contributed by atoms with E-state index < -0.39 is 0 Å². The van der Waals surface area contributed by atoms with Gasteiger partial charge in [0, 0.05) is 24.3 Å². The summed E-state index contributed by atoms with van der Waals surface area (Å²) in [6.45, 7) is 5.65. The molecule has 0 atom stereocenters. The van der Waals surface area contributed by atoms with Crippen LogP contribution in [-0.4, -0.2) is 11.6 Å². The van der Waals surface area contributed by atoms with Crippen LogP contribution in [-0.2, 0) is 11.4 Å². The van der Waals surface area contributed by atoms with Gasteiger partial charge in [0.05, 0.1) is 6.61 Å². The first kappa shape index (κ1) is 12.0. The minimum atomic E-state index is 0.535. The van der Waals surface area contributed by atoms with Crippen molar-refractivity contribution in [3.63, 3.8) is 0 Å². The van der Waals surface area contributed by atoms with Gasteiger partial charge in [0.1, 0.15) is 0 Å². The number of pyridine rings is 1. The van der Waals surface area contributed by atoms with E-state index in [1.807, 2.05) is 24.5 Å². The highest BCUT2D eigenvalue weighted by atomic mass is 16.6. The third kappa shape index (κ3) is 3.25. The van der Waals surface area contributed by atoms with Crippen LogP contribution in [0.2, 0.25) is 0 Å². The predicted octanol–water partition coefficient (Wildman–Crippen LogP) is 2.91. The molecule has 90 valence electrons. The second-order valence-corrected chi connectivity index (χ2v) is 4.55. The summed E-state index contributed by atoms with van der Waals surface area (Å²) in [5, 5.41) is 2.39. The van der Waals surface area contributed by atoms with Crippen LogP contribution in [0.1, 0.15) is 19.4 Å². The van der Waals surface area contributed by atoms with E-state index in [4.69, 9.17) is 4.84 Å². The largest absolute Gasteiger partial charge is 0.301 e. The zero-order chi connectivity index (χ0) is 12.1. The molecule has 1 aromatic heterocycles.